The van der Waals surface area contributed by atoms with E-state index in [9.17, 15) is 4.79 Å². The van der Waals surface area contributed by atoms with Gasteiger partial charge in [-0.3, -0.25) is 4.79 Å². The smallest absolute Gasteiger partial charge is 0.239 e. The van der Waals surface area contributed by atoms with E-state index in [4.69, 9.17) is 0 Å². The van der Waals surface area contributed by atoms with Crippen molar-refractivity contribution in [2.75, 3.05) is 59.9 Å². The third kappa shape index (κ3) is 5.20. The van der Waals surface area contributed by atoms with Crippen LogP contribution in [0.1, 0.15) is 19.3 Å². The molecule has 0 aliphatic carbocycles. The molecule has 2 aliphatic heterocycles. The van der Waals surface area contributed by atoms with Crippen molar-refractivity contribution >= 4 is 18.3 Å². The maximum absolute atomic E-state index is 12.1. The fourth-order valence-electron chi connectivity index (χ4n) is 2.87. The number of nitrogens with zero attached hydrogens (tertiary/aromatic N) is 3. The number of halogens is 1. The van der Waals surface area contributed by atoms with Gasteiger partial charge in [-0.25, -0.2) is 0 Å². The van der Waals surface area contributed by atoms with Crippen molar-refractivity contribution in [2.45, 2.75) is 25.3 Å². The molecule has 1 unspecified atom stereocenters. The van der Waals surface area contributed by atoms with Gasteiger partial charge in [-0.05, 0) is 39.4 Å². The summed E-state index contributed by atoms with van der Waals surface area (Å²) in [6.07, 6.45) is 3.21. The second-order valence-corrected chi connectivity index (χ2v) is 5.91. The number of hydrogen-bond donors (Lipinski definition) is 1. The van der Waals surface area contributed by atoms with Gasteiger partial charge in [-0.15, -0.1) is 12.4 Å². The third-order valence-corrected chi connectivity index (χ3v) is 4.30. The van der Waals surface area contributed by atoms with E-state index < -0.39 is 0 Å². The highest BCUT2D eigenvalue weighted by atomic mass is 35.5. The zero-order valence-corrected chi connectivity index (χ0v) is 13.6. The van der Waals surface area contributed by atoms with Crippen LogP contribution >= 0.6 is 12.4 Å². The maximum Gasteiger partial charge on any atom is 0.239 e. The van der Waals surface area contributed by atoms with Crippen LogP contribution in [0.25, 0.3) is 0 Å². The third-order valence-electron chi connectivity index (χ3n) is 4.30. The number of hydrogen-bond acceptors (Lipinski definition) is 4. The van der Waals surface area contributed by atoms with Gasteiger partial charge in [0.25, 0.3) is 0 Å². The highest BCUT2D eigenvalue weighted by Crippen LogP contribution is 2.08. The number of nitrogens with one attached hydrogen (secondary N) is 1. The zero-order valence-electron chi connectivity index (χ0n) is 12.8. The molecule has 0 bridgehead atoms. The summed E-state index contributed by atoms with van der Waals surface area (Å²) in [6, 6.07) is 0.0774. The molecule has 0 saturated carbocycles. The molecule has 0 aromatic carbocycles. The number of carbonyl (C=O) groups excluding carboxylic acids is 1. The van der Waals surface area contributed by atoms with Gasteiger partial charge in [0.15, 0.2) is 0 Å². The van der Waals surface area contributed by atoms with Crippen LogP contribution in [-0.2, 0) is 4.79 Å². The van der Waals surface area contributed by atoms with Crippen LogP contribution in [0.5, 0.6) is 0 Å². The average Bonchev–Trinajstić information content (AvgIpc) is 2.94. The number of rotatable bonds is 5. The van der Waals surface area contributed by atoms with E-state index in [2.05, 4.69) is 22.2 Å². The Hall–Kier alpha value is -0.360. The van der Waals surface area contributed by atoms with E-state index in [1.807, 2.05) is 11.9 Å². The summed E-state index contributed by atoms with van der Waals surface area (Å²) in [5.74, 6) is 0.274. The van der Waals surface area contributed by atoms with Gasteiger partial charge in [0.1, 0.15) is 0 Å². The molecule has 2 heterocycles. The number of amides is 1. The van der Waals surface area contributed by atoms with E-state index >= 15 is 0 Å². The highest BCUT2D eigenvalue weighted by molar-refractivity contribution is 5.85. The first kappa shape index (κ1) is 17.7. The van der Waals surface area contributed by atoms with Gasteiger partial charge in [0.2, 0.25) is 5.91 Å². The predicted molar refractivity (Wildman–Crippen MR) is 84.5 cm³/mol. The Balaban J connectivity index is 0.00000200. The molecule has 20 heavy (non-hydrogen) atoms. The van der Waals surface area contributed by atoms with Crippen molar-refractivity contribution in [1.29, 1.82) is 0 Å². The summed E-state index contributed by atoms with van der Waals surface area (Å²) in [5, 5.41) is 3.27. The Morgan fingerprint density at radius 1 is 1.30 bits per heavy atom. The monoisotopic (exact) mass is 304 g/mol. The molecule has 0 radical (unpaired) electrons. The minimum absolute atomic E-state index is 0. The Bertz CT molecular complexity index is 289. The topological polar surface area (TPSA) is 38.8 Å². The van der Waals surface area contributed by atoms with Gasteiger partial charge in [0.05, 0.1) is 6.04 Å². The first-order valence-corrected chi connectivity index (χ1v) is 7.56. The number of likely N-dealkylation sites (N-methyl/N-ethyl adjacent to an activating group) is 2. The molecule has 0 aromatic rings. The van der Waals surface area contributed by atoms with Crippen LogP contribution in [0, 0.1) is 0 Å². The van der Waals surface area contributed by atoms with Crippen molar-refractivity contribution in [3.8, 4) is 0 Å². The largest absolute Gasteiger partial charge is 0.344 e. The first-order chi connectivity index (χ1) is 9.16. The van der Waals surface area contributed by atoms with Crippen LogP contribution in [0.4, 0.5) is 0 Å². The molecule has 0 aromatic heterocycles. The van der Waals surface area contributed by atoms with Gasteiger partial charge in [-0.1, -0.05) is 0 Å². The van der Waals surface area contributed by atoms with Crippen LogP contribution in [-0.4, -0.2) is 86.6 Å². The second-order valence-electron chi connectivity index (χ2n) is 5.91. The standard InChI is InChI=1S/C14H28N4O.ClH/c1-16-9-11-18(12-10-16)8-4-7-17(2)14(19)13-5-3-6-15-13;/h13,15H,3-12H2,1-2H3;1H. The van der Waals surface area contributed by atoms with E-state index in [1.165, 1.54) is 26.2 Å². The van der Waals surface area contributed by atoms with E-state index in [1.54, 1.807) is 0 Å². The van der Waals surface area contributed by atoms with Gasteiger partial charge < -0.3 is 20.0 Å². The molecular weight excluding hydrogens is 276 g/mol. The summed E-state index contributed by atoms with van der Waals surface area (Å²) in [6.45, 7) is 7.65. The summed E-state index contributed by atoms with van der Waals surface area (Å²) in [4.78, 5) is 18.9. The molecule has 0 spiro atoms. The van der Waals surface area contributed by atoms with Crippen molar-refractivity contribution in [3.63, 3.8) is 0 Å². The fraction of sp³-hybridized carbons (Fsp3) is 0.929. The molecule has 6 heteroatoms. The van der Waals surface area contributed by atoms with Gasteiger partial charge >= 0.3 is 0 Å². The second kappa shape index (κ2) is 8.82. The molecule has 118 valence electrons. The molecule has 2 saturated heterocycles. The summed E-state index contributed by atoms with van der Waals surface area (Å²) < 4.78 is 0. The Labute approximate surface area is 129 Å². The molecule has 1 atom stereocenters. The summed E-state index contributed by atoms with van der Waals surface area (Å²) >= 11 is 0. The molecule has 2 fully saturated rings. The Morgan fingerprint density at radius 3 is 2.60 bits per heavy atom. The lowest BCUT2D eigenvalue weighted by atomic mass is 10.2. The quantitative estimate of drug-likeness (QED) is 0.791. The Morgan fingerprint density at radius 2 is 2.00 bits per heavy atom. The molecule has 1 amide bonds. The summed E-state index contributed by atoms with van der Waals surface area (Å²) in [5.41, 5.74) is 0. The minimum Gasteiger partial charge on any atom is -0.344 e. The molecule has 1 N–H and O–H groups in total. The lowest BCUT2D eigenvalue weighted by Gasteiger charge is -2.32. The normalized spacial score (nSPS) is 24.4. The van der Waals surface area contributed by atoms with Crippen LogP contribution < -0.4 is 5.32 Å². The minimum atomic E-state index is 0. The van der Waals surface area contributed by atoms with Crippen LogP contribution in [0.2, 0.25) is 0 Å². The van der Waals surface area contributed by atoms with E-state index in [0.29, 0.717) is 0 Å². The predicted octanol–water partition coefficient (Wildman–Crippen LogP) is 0.256. The summed E-state index contributed by atoms with van der Waals surface area (Å²) in [7, 11) is 4.12. The molecule has 2 aliphatic rings. The molecular formula is C14H29ClN4O. The fourth-order valence-corrected chi connectivity index (χ4v) is 2.87. The first-order valence-electron chi connectivity index (χ1n) is 7.56. The van der Waals surface area contributed by atoms with Crippen LogP contribution in [0.3, 0.4) is 0 Å². The number of piperazine rings is 1. The molecule has 2 rings (SSSR count). The lowest BCUT2D eigenvalue weighted by Crippen LogP contribution is -2.46. The van der Waals surface area contributed by atoms with Crippen molar-refractivity contribution in [3.05, 3.63) is 0 Å². The van der Waals surface area contributed by atoms with Gasteiger partial charge in [0, 0.05) is 39.8 Å². The molecule has 5 nitrogen and oxygen atoms in total. The van der Waals surface area contributed by atoms with Crippen molar-refractivity contribution < 1.29 is 4.79 Å². The van der Waals surface area contributed by atoms with Crippen LogP contribution in [0.15, 0.2) is 0 Å². The average molecular weight is 305 g/mol. The zero-order chi connectivity index (χ0) is 13.7. The van der Waals surface area contributed by atoms with E-state index in [-0.39, 0.29) is 24.4 Å². The number of carbonyl (C=O) groups is 1. The van der Waals surface area contributed by atoms with Crippen molar-refractivity contribution in [2.24, 2.45) is 0 Å². The SMILES string of the molecule is CN1CCN(CCCN(C)C(=O)C2CCCN2)CC1.Cl. The van der Waals surface area contributed by atoms with Gasteiger partial charge in [-0.2, -0.15) is 0 Å². The highest BCUT2D eigenvalue weighted by Gasteiger charge is 2.24. The Kier molecular flexibility index (Phi) is 7.80. The van der Waals surface area contributed by atoms with Crippen molar-refractivity contribution in [1.82, 2.24) is 20.0 Å². The maximum atomic E-state index is 12.1. The van der Waals surface area contributed by atoms with E-state index in [0.717, 1.165) is 38.9 Å². The lowest BCUT2D eigenvalue weighted by molar-refractivity contribution is -0.131.